The second-order valence-corrected chi connectivity index (χ2v) is 4.39. The number of hydrogen-bond acceptors (Lipinski definition) is 2. The van der Waals surface area contributed by atoms with Crippen LogP contribution in [0.25, 0.3) is 0 Å². The number of hydrogen-bond donors (Lipinski definition) is 1. The van der Waals surface area contributed by atoms with E-state index in [1.165, 1.54) is 0 Å². The van der Waals surface area contributed by atoms with E-state index in [4.69, 9.17) is 11.6 Å². The highest BCUT2D eigenvalue weighted by Crippen LogP contribution is 2.08. The molecule has 1 rings (SSSR count). The number of nitrogens with one attached hydrogen (secondary N) is 1. The molecule has 0 aliphatic rings. The van der Waals surface area contributed by atoms with Crippen molar-refractivity contribution in [1.29, 1.82) is 0 Å². The monoisotopic (exact) mass is 240 g/mol. The Morgan fingerprint density at radius 1 is 1.50 bits per heavy atom. The first kappa shape index (κ1) is 13.0. The number of nitrogens with zero attached hydrogens (tertiary/aromatic N) is 1. The smallest absolute Gasteiger partial charge is 0.270 e. The average molecular weight is 241 g/mol. The molecule has 0 saturated heterocycles. The average Bonchev–Trinajstić information content (AvgIpc) is 2.29. The Balaban J connectivity index is 2.62. The van der Waals surface area contributed by atoms with Gasteiger partial charge in [0.2, 0.25) is 0 Å². The van der Waals surface area contributed by atoms with E-state index >= 15 is 0 Å². The van der Waals surface area contributed by atoms with Gasteiger partial charge in [0.05, 0.1) is 0 Å². The lowest BCUT2D eigenvalue weighted by Crippen LogP contribution is -2.39. The molecule has 3 nitrogen and oxygen atoms in total. The predicted octanol–water partition coefficient (Wildman–Crippen LogP) is 2.46. The summed E-state index contributed by atoms with van der Waals surface area (Å²) in [6, 6.07) is 5.39. The highest BCUT2D eigenvalue weighted by atomic mass is 35.5. The van der Waals surface area contributed by atoms with E-state index in [9.17, 15) is 4.79 Å². The molecule has 16 heavy (non-hydrogen) atoms. The predicted molar refractivity (Wildman–Crippen MR) is 65.7 cm³/mol. The molecule has 1 amide bonds. The molecule has 0 bridgehead atoms. The van der Waals surface area contributed by atoms with Crippen molar-refractivity contribution in [2.45, 2.75) is 26.3 Å². The SMILES string of the molecule is CC(C)C(CCCl)NC(=O)c1ccccn1. The summed E-state index contributed by atoms with van der Waals surface area (Å²) >= 11 is 5.70. The molecule has 1 atom stereocenters. The van der Waals surface area contributed by atoms with Gasteiger partial charge in [-0.25, -0.2) is 0 Å². The third kappa shape index (κ3) is 3.81. The van der Waals surface area contributed by atoms with Crippen molar-refractivity contribution in [3.05, 3.63) is 30.1 Å². The number of carbonyl (C=O) groups is 1. The van der Waals surface area contributed by atoms with Crippen LogP contribution < -0.4 is 5.32 Å². The van der Waals surface area contributed by atoms with Crippen molar-refractivity contribution in [3.8, 4) is 0 Å². The maximum Gasteiger partial charge on any atom is 0.270 e. The van der Waals surface area contributed by atoms with E-state index in [1.54, 1.807) is 24.4 Å². The van der Waals surface area contributed by atoms with E-state index in [-0.39, 0.29) is 11.9 Å². The van der Waals surface area contributed by atoms with Gasteiger partial charge < -0.3 is 5.32 Å². The van der Waals surface area contributed by atoms with Gasteiger partial charge in [0.25, 0.3) is 5.91 Å². The number of alkyl halides is 1. The molecule has 0 saturated carbocycles. The third-order valence-corrected chi connectivity index (χ3v) is 2.66. The van der Waals surface area contributed by atoms with Gasteiger partial charge in [-0.15, -0.1) is 11.6 Å². The Kier molecular flexibility index (Phi) is 5.26. The number of pyridine rings is 1. The highest BCUT2D eigenvalue weighted by Gasteiger charge is 2.16. The minimum Gasteiger partial charge on any atom is -0.348 e. The Labute approximate surface area is 101 Å². The van der Waals surface area contributed by atoms with Crippen molar-refractivity contribution in [1.82, 2.24) is 10.3 Å². The summed E-state index contributed by atoms with van der Waals surface area (Å²) in [4.78, 5) is 15.8. The van der Waals surface area contributed by atoms with Gasteiger partial charge in [0, 0.05) is 18.1 Å². The molecule has 1 heterocycles. The number of rotatable bonds is 5. The van der Waals surface area contributed by atoms with Gasteiger partial charge in [0.1, 0.15) is 5.69 Å². The number of halogens is 1. The van der Waals surface area contributed by atoms with Crippen LogP contribution in [0.5, 0.6) is 0 Å². The molecule has 4 heteroatoms. The summed E-state index contributed by atoms with van der Waals surface area (Å²) in [6.45, 7) is 4.13. The highest BCUT2D eigenvalue weighted by molar-refractivity contribution is 6.17. The summed E-state index contributed by atoms with van der Waals surface area (Å²) in [6.07, 6.45) is 2.39. The zero-order valence-electron chi connectivity index (χ0n) is 9.61. The Hall–Kier alpha value is -1.09. The second kappa shape index (κ2) is 6.48. The number of aromatic nitrogens is 1. The first-order valence-electron chi connectivity index (χ1n) is 5.43. The zero-order valence-corrected chi connectivity index (χ0v) is 10.4. The summed E-state index contributed by atoms with van der Waals surface area (Å²) in [5, 5.41) is 2.95. The van der Waals surface area contributed by atoms with E-state index in [2.05, 4.69) is 24.1 Å². The second-order valence-electron chi connectivity index (χ2n) is 4.02. The van der Waals surface area contributed by atoms with E-state index in [1.807, 2.05) is 0 Å². The molecule has 0 fully saturated rings. The summed E-state index contributed by atoms with van der Waals surface area (Å²) in [7, 11) is 0. The first-order valence-corrected chi connectivity index (χ1v) is 5.96. The Morgan fingerprint density at radius 3 is 2.75 bits per heavy atom. The normalized spacial score (nSPS) is 12.5. The lowest BCUT2D eigenvalue weighted by atomic mass is 10.0. The Bertz CT molecular complexity index is 327. The van der Waals surface area contributed by atoms with Gasteiger partial charge >= 0.3 is 0 Å². The minimum absolute atomic E-state index is 0.104. The fourth-order valence-corrected chi connectivity index (χ4v) is 1.66. The molecular weight excluding hydrogens is 224 g/mol. The van der Waals surface area contributed by atoms with Crippen LogP contribution in [0.4, 0.5) is 0 Å². The molecule has 0 spiro atoms. The molecule has 0 aliphatic heterocycles. The summed E-state index contributed by atoms with van der Waals surface area (Å²) in [5.41, 5.74) is 0.447. The van der Waals surface area contributed by atoms with Crippen LogP contribution in [0.15, 0.2) is 24.4 Å². The summed E-state index contributed by atoms with van der Waals surface area (Å²) in [5.74, 6) is 0.779. The molecule has 0 aromatic carbocycles. The number of carbonyl (C=O) groups excluding carboxylic acids is 1. The van der Waals surface area contributed by atoms with Gasteiger partial charge in [-0.3, -0.25) is 9.78 Å². The standard InChI is InChI=1S/C12H17ClN2O/c1-9(2)10(6-7-13)15-12(16)11-5-3-4-8-14-11/h3-5,8-10H,6-7H2,1-2H3,(H,15,16). The lowest BCUT2D eigenvalue weighted by Gasteiger charge is -2.21. The van der Waals surface area contributed by atoms with Crippen LogP contribution in [0.1, 0.15) is 30.8 Å². The van der Waals surface area contributed by atoms with Gasteiger partial charge in [-0.2, -0.15) is 0 Å². The van der Waals surface area contributed by atoms with Crippen LogP contribution in [-0.4, -0.2) is 22.8 Å². The molecular formula is C12H17ClN2O. The van der Waals surface area contributed by atoms with Crippen molar-refractivity contribution in [3.63, 3.8) is 0 Å². The van der Waals surface area contributed by atoms with E-state index in [0.717, 1.165) is 6.42 Å². The van der Waals surface area contributed by atoms with Crippen molar-refractivity contribution < 1.29 is 4.79 Å². The van der Waals surface area contributed by atoms with Crippen molar-refractivity contribution in [2.75, 3.05) is 5.88 Å². The van der Waals surface area contributed by atoms with Crippen LogP contribution in [0.3, 0.4) is 0 Å². The lowest BCUT2D eigenvalue weighted by molar-refractivity contribution is 0.0920. The van der Waals surface area contributed by atoms with E-state index in [0.29, 0.717) is 17.5 Å². The molecule has 1 N–H and O–H groups in total. The van der Waals surface area contributed by atoms with Crippen molar-refractivity contribution >= 4 is 17.5 Å². The molecule has 0 aliphatic carbocycles. The molecule has 1 aromatic heterocycles. The summed E-state index contributed by atoms with van der Waals surface area (Å²) < 4.78 is 0. The third-order valence-electron chi connectivity index (χ3n) is 2.44. The molecule has 1 unspecified atom stereocenters. The maximum absolute atomic E-state index is 11.8. The Morgan fingerprint density at radius 2 is 2.25 bits per heavy atom. The van der Waals surface area contributed by atoms with Gasteiger partial charge in [0.15, 0.2) is 0 Å². The fourth-order valence-electron chi connectivity index (χ4n) is 1.43. The topological polar surface area (TPSA) is 42.0 Å². The van der Waals surface area contributed by atoms with Crippen LogP contribution in [-0.2, 0) is 0 Å². The fraction of sp³-hybridized carbons (Fsp3) is 0.500. The maximum atomic E-state index is 11.8. The minimum atomic E-state index is -0.135. The number of amides is 1. The molecule has 88 valence electrons. The van der Waals surface area contributed by atoms with Gasteiger partial charge in [-0.1, -0.05) is 19.9 Å². The van der Waals surface area contributed by atoms with Crippen LogP contribution >= 0.6 is 11.6 Å². The molecule has 1 aromatic rings. The van der Waals surface area contributed by atoms with Crippen LogP contribution in [0, 0.1) is 5.92 Å². The largest absolute Gasteiger partial charge is 0.348 e. The van der Waals surface area contributed by atoms with Crippen LogP contribution in [0.2, 0.25) is 0 Å². The molecule has 0 radical (unpaired) electrons. The zero-order chi connectivity index (χ0) is 12.0. The van der Waals surface area contributed by atoms with E-state index < -0.39 is 0 Å². The van der Waals surface area contributed by atoms with Crippen molar-refractivity contribution in [2.24, 2.45) is 5.92 Å². The first-order chi connectivity index (χ1) is 7.65. The quantitative estimate of drug-likeness (QED) is 0.804. The van der Waals surface area contributed by atoms with Gasteiger partial charge in [-0.05, 0) is 24.5 Å².